The van der Waals surface area contributed by atoms with Crippen LogP contribution < -0.4 is 0 Å². The van der Waals surface area contributed by atoms with E-state index in [9.17, 15) is 8.42 Å². The summed E-state index contributed by atoms with van der Waals surface area (Å²) in [5.74, 6) is 0.882. The molecule has 0 unspecified atom stereocenters. The average Bonchev–Trinajstić information content (AvgIpc) is 2.86. The van der Waals surface area contributed by atoms with Crippen molar-refractivity contribution in [3.63, 3.8) is 0 Å². The van der Waals surface area contributed by atoms with Gasteiger partial charge in [-0.05, 0) is 32.1 Å². The van der Waals surface area contributed by atoms with Crippen LogP contribution >= 0.6 is 11.8 Å². The zero-order valence-corrected chi connectivity index (χ0v) is 16.9. The average molecular weight is 375 g/mol. The largest absolute Gasteiger partial charge is 0.349 e. The van der Waals surface area contributed by atoms with E-state index in [1.807, 2.05) is 11.8 Å². The van der Waals surface area contributed by atoms with E-state index in [-0.39, 0.29) is 4.75 Å². The molecular weight excluding hydrogens is 344 g/mol. The van der Waals surface area contributed by atoms with Crippen molar-refractivity contribution in [3.05, 3.63) is 0 Å². The maximum absolute atomic E-state index is 13.0. The Morgan fingerprint density at radius 3 is 2.12 bits per heavy atom. The van der Waals surface area contributed by atoms with Crippen molar-refractivity contribution in [1.82, 2.24) is 13.5 Å². The highest BCUT2D eigenvalue weighted by Gasteiger charge is 2.38. The summed E-state index contributed by atoms with van der Waals surface area (Å²) < 4.78 is 29.5. The normalized spacial score (nSPS) is 32.8. The van der Waals surface area contributed by atoms with Crippen LogP contribution in [-0.4, -0.2) is 77.7 Å². The molecule has 0 radical (unpaired) electrons. The summed E-state index contributed by atoms with van der Waals surface area (Å²) >= 11 is 1.81. The smallest absolute Gasteiger partial charge is 0.282 e. The lowest BCUT2D eigenvalue weighted by Crippen LogP contribution is -2.55. The molecule has 24 heavy (non-hydrogen) atoms. The van der Waals surface area contributed by atoms with Crippen molar-refractivity contribution < 1.29 is 8.42 Å². The number of hydrogen-bond acceptors (Lipinski definition) is 5. The summed E-state index contributed by atoms with van der Waals surface area (Å²) in [7, 11) is -3.33. The van der Waals surface area contributed by atoms with Crippen LogP contribution in [0.3, 0.4) is 0 Å². The van der Waals surface area contributed by atoms with Crippen molar-refractivity contribution >= 4 is 27.1 Å². The third kappa shape index (κ3) is 3.92. The number of piperidine rings is 1. The minimum atomic E-state index is -3.33. The predicted molar refractivity (Wildman–Crippen MR) is 101 cm³/mol. The Bertz CT molecular complexity index is 587. The van der Waals surface area contributed by atoms with Crippen LogP contribution in [-0.2, 0) is 10.2 Å². The first-order valence-electron chi connectivity index (χ1n) is 8.91. The minimum absolute atomic E-state index is 0.165. The van der Waals surface area contributed by atoms with Gasteiger partial charge in [-0.25, -0.2) is 0 Å². The lowest BCUT2D eigenvalue weighted by atomic mass is 9.94. The van der Waals surface area contributed by atoms with Gasteiger partial charge in [-0.1, -0.05) is 25.6 Å². The van der Waals surface area contributed by atoms with Gasteiger partial charge in [0.1, 0.15) is 0 Å². The molecule has 6 nitrogen and oxygen atoms in total. The van der Waals surface area contributed by atoms with Crippen molar-refractivity contribution in [1.29, 1.82) is 0 Å². The molecule has 3 aliphatic heterocycles. The molecule has 2 fully saturated rings. The second kappa shape index (κ2) is 6.78. The zero-order chi connectivity index (χ0) is 17.5. The van der Waals surface area contributed by atoms with Gasteiger partial charge in [0, 0.05) is 44.0 Å². The van der Waals surface area contributed by atoms with E-state index in [0.29, 0.717) is 38.0 Å². The van der Waals surface area contributed by atoms with E-state index < -0.39 is 10.2 Å². The van der Waals surface area contributed by atoms with E-state index >= 15 is 0 Å². The van der Waals surface area contributed by atoms with Crippen LogP contribution in [0.2, 0.25) is 0 Å². The highest BCUT2D eigenvalue weighted by Crippen LogP contribution is 2.34. The van der Waals surface area contributed by atoms with Crippen LogP contribution in [0.5, 0.6) is 0 Å². The molecule has 0 aromatic carbocycles. The summed E-state index contributed by atoms with van der Waals surface area (Å²) in [6.07, 6.45) is 1.12. The van der Waals surface area contributed by atoms with Gasteiger partial charge in [0.15, 0.2) is 5.17 Å². The molecule has 0 amide bonds. The van der Waals surface area contributed by atoms with E-state index in [1.54, 1.807) is 8.61 Å². The first-order valence-corrected chi connectivity index (χ1v) is 11.1. The minimum Gasteiger partial charge on any atom is -0.349 e. The summed E-state index contributed by atoms with van der Waals surface area (Å²) in [5.41, 5.74) is 0. The highest BCUT2D eigenvalue weighted by molar-refractivity contribution is 8.15. The fraction of sp³-hybridized carbons (Fsp3) is 0.938. The number of nitrogens with zero attached hydrogens (tertiary/aromatic N) is 4. The molecule has 0 bridgehead atoms. The Kier molecular flexibility index (Phi) is 5.22. The molecule has 0 aromatic heterocycles. The maximum atomic E-state index is 13.0. The van der Waals surface area contributed by atoms with Crippen molar-refractivity contribution in [2.24, 2.45) is 16.8 Å². The Morgan fingerprint density at radius 2 is 1.62 bits per heavy atom. The Labute approximate surface area is 150 Å². The lowest BCUT2D eigenvalue weighted by molar-refractivity contribution is 0.196. The maximum Gasteiger partial charge on any atom is 0.282 e. The molecule has 3 aliphatic rings. The van der Waals surface area contributed by atoms with Crippen molar-refractivity contribution in [2.45, 2.75) is 38.9 Å². The molecule has 138 valence electrons. The molecule has 0 N–H and O–H groups in total. The molecule has 0 spiro atoms. The molecule has 0 aromatic rings. The fourth-order valence-electron chi connectivity index (χ4n) is 3.80. The Balaban J connectivity index is 1.60. The highest BCUT2D eigenvalue weighted by atomic mass is 32.2. The number of rotatable bonds is 2. The zero-order valence-electron chi connectivity index (χ0n) is 15.2. The molecule has 8 heteroatoms. The molecular formula is C16H30N4O2S2. The van der Waals surface area contributed by atoms with Crippen LogP contribution in [0.4, 0.5) is 0 Å². The lowest BCUT2D eigenvalue weighted by Gasteiger charge is -2.40. The summed E-state index contributed by atoms with van der Waals surface area (Å²) in [6.45, 7) is 13.4. The first-order chi connectivity index (χ1) is 11.2. The number of thioether (sulfide) groups is 1. The van der Waals surface area contributed by atoms with Gasteiger partial charge in [-0.15, -0.1) is 0 Å². The van der Waals surface area contributed by atoms with Gasteiger partial charge in [0.2, 0.25) is 0 Å². The van der Waals surface area contributed by atoms with Crippen LogP contribution in [0, 0.1) is 11.8 Å². The van der Waals surface area contributed by atoms with E-state index in [0.717, 1.165) is 31.2 Å². The van der Waals surface area contributed by atoms with Gasteiger partial charge in [-0.2, -0.15) is 17.0 Å². The van der Waals surface area contributed by atoms with Gasteiger partial charge >= 0.3 is 0 Å². The van der Waals surface area contributed by atoms with Gasteiger partial charge < -0.3 is 4.90 Å². The third-order valence-corrected chi connectivity index (χ3v) is 8.18. The predicted octanol–water partition coefficient (Wildman–Crippen LogP) is 1.71. The van der Waals surface area contributed by atoms with E-state index in [4.69, 9.17) is 0 Å². The van der Waals surface area contributed by atoms with Gasteiger partial charge in [0.25, 0.3) is 10.2 Å². The first kappa shape index (κ1) is 18.5. The Morgan fingerprint density at radius 1 is 1.04 bits per heavy atom. The molecule has 0 saturated carbocycles. The number of hydrogen-bond donors (Lipinski definition) is 0. The molecule has 0 aliphatic carbocycles. The van der Waals surface area contributed by atoms with E-state index in [2.05, 4.69) is 37.6 Å². The topological polar surface area (TPSA) is 56.2 Å². The molecule has 2 atom stereocenters. The summed E-state index contributed by atoms with van der Waals surface area (Å²) in [5, 5.41) is 1.08. The molecule has 2 saturated heterocycles. The molecule has 3 rings (SSSR count). The fourth-order valence-corrected chi connectivity index (χ4v) is 6.70. The second-order valence-electron chi connectivity index (χ2n) is 8.12. The summed E-state index contributed by atoms with van der Waals surface area (Å²) in [6, 6.07) is 0. The van der Waals surface area contributed by atoms with Crippen molar-refractivity contribution in [3.8, 4) is 0 Å². The number of piperazine rings is 1. The SMILES string of the molecule is C[C@H]1C[C@H](C)CN(S(=O)(=O)N2CCN(C3=NCC(C)(C)S3)CC2)C1. The number of amidine groups is 1. The van der Waals surface area contributed by atoms with Gasteiger partial charge in [0.05, 0.1) is 6.54 Å². The quantitative estimate of drug-likeness (QED) is 0.738. The second-order valence-corrected chi connectivity index (χ2v) is 11.7. The van der Waals surface area contributed by atoms with Crippen LogP contribution in [0.15, 0.2) is 4.99 Å². The Hall–Kier alpha value is -0.310. The van der Waals surface area contributed by atoms with E-state index in [1.165, 1.54) is 0 Å². The van der Waals surface area contributed by atoms with Gasteiger partial charge in [-0.3, -0.25) is 4.99 Å². The summed E-state index contributed by atoms with van der Waals surface area (Å²) in [4.78, 5) is 6.88. The van der Waals surface area contributed by atoms with Crippen LogP contribution in [0.1, 0.15) is 34.1 Å². The van der Waals surface area contributed by atoms with Crippen LogP contribution in [0.25, 0.3) is 0 Å². The standard InChI is InChI=1S/C16H30N4O2S2/c1-13-9-14(2)11-20(10-13)24(21,22)19-7-5-18(6-8-19)15-17-12-16(3,4)23-15/h13-14H,5-12H2,1-4H3/t13-,14-/m0/s1. The monoisotopic (exact) mass is 374 g/mol. The molecule has 3 heterocycles. The van der Waals surface area contributed by atoms with Crippen molar-refractivity contribution in [2.75, 3.05) is 45.8 Å². The third-order valence-electron chi connectivity index (χ3n) is 4.96. The number of aliphatic imine (C=N–C) groups is 1.